The number of nitrogens with one attached hydrogen (secondary N) is 1. The third-order valence-corrected chi connectivity index (χ3v) is 2.18. The number of ether oxygens (including phenoxy) is 1. The van der Waals surface area contributed by atoms with Crippen LogP contribution >= 0.6 is 0 Å². The second kappa shape index (κ2) is 3.70. The number of benzene rings is 1. The van der Waals surface area contributed by atoms with E-state index in [4.69, 9.17) is 4.74 Å². The highest BCUT2D eigenvalue weighted by atomic mass is 16.5. The van der Waals surface area contributed by atoms with Crippen molar-refractivity contribution in [3.8, 4) is 5.75 Å². The van der Waals surface area contributed by atoms with Crippen LogP contribution in [-0.4, -0.2) is 16.8 Å². The van der Waals surface area contributed by atoms with Gasteiger partial charge in [-0.05, 0) is 25.5 Å². The molecule has 0 saturated heterocycles. The summed E-state index contributed by atoms with van der Waals surface area (Å²) in [6.45, 7) is 4.86. The Hall–Kier alpha value is -1.51. The minimum Gasteiger partial charge on any atom is -0.493 e. The highest BCUT2D eigenvalue weighted by molar-refractivity contribution is 5.87. The first-order chi connectivity index (χ1) is 6.83. The van der Waals surface area contributed by atoms with E-state index in [2.05, 4.69) is 17.1 Å². The van der Waals surface area contributed by atoms with E-state index in [9.17, 15) is 0 Å². The largest absolute Gasteiger partial charge is 0.493 e. The van der Waals surface area contributed by atoms with Crippen molar-refractivity contribution >= 4 is 10.9 Å². The molecule has 14 heavy (non-hydrogen) atoms. The minimum atomic E-state index is 0.754. The van der Waals surface area contributed by atoms with Gasteiger partial charge in [0.2, 0.25) is 0 Å². The molecule has 2 aromatic rings. The molecular formula is C11H14N2O. The maximum atomic E-state index is 5.65. The number of H-pyrrole nitrogens is 1. The lowest BCUT2D eigenvalue weighted by molar-refractivity contribution is 0.321. The van der Waals surface area contributed by atoms with Crippen LogP contribution in [0.15, 0.2) is 18.2 Å². The molecule has 0 spiro atoms. The number of rotatable bonds is 3. The summed E-state index contributed by atoms with van der Waals surface area (Å²) in [5.41, 5.74) is 2.03. The molecule has 0 bridgehead atoms. The van der Waals surface area contributed by atoms with Crippen molar-refractivity contribution in [3.05, 3.63) is 23.9 Å². The molecule has 3 nitrogen and oxygen atoms in total. The van der Waals surface area contributed by atoms with Gasteiger partial charge in [-0.3, -0.25) is 5.10 Å². The third kappa shape index (κ3) is 1.45. The molecule has 2 rings (SSSR count). The lowest BCUT2D eigenvalue weighted by Gasteiger charge is -2.05. The van der Waals surface area contributed by atoms with Crippen molar-refractivity contribution in [2.45, 2.75) is 20.3 Å². The molecule has 1 aromatic heterocycles. The molecule has 0 aliphatic carbocycles. The summed E-state index contributed by atoms with van der Waals surface area (Å²) in [6, 6.07) is 5.94. The number of aromatic nitrogens is 2. The zero-order valence-electron chi connectivity index (χ0n) is 8.50. The van der Waals surface area contributed by atoms with Crippen molar-refractivity contribution in [3.63, 3.8) is 0 Å². The van der Waals surface area contributed by atoms with Gasteiger partial charge >= 0.3 is 0 Å². The second-order valence-electron chi connectivity index (χ2n) is 3.35. The lowest BCUT2D eigenvalue weighted by atomic mass is 10.2. The van der Waals surface area contributed by atoms with Crippen LogP contribution in [0.1, 0.15) is 19.0 Å². The number of fused-ring (bicyclic) bond motifs is 1. The molecule has 1 N–H and O–H groups in total. The van der Waals surface area contributed by atoms with E-state index in [1.54, 1.807) is 0 Å². The molecule has 0 fully saturated rings. The van der Waals surface area contributed by atoms with Crippen LogP contribution in [0.25, 0.3) is 10.9 Å². The van der Waals surface area contributed by atoms with Crippen LogP contribution in [-0.2, 0) is 0 Å². The monoisotopic (exact) mass is 190 g/mol. The molecule has 0 unspecified atom stereocenters. The maximum absolute atomic E-state index is 5.65. The van der Waals surface area contributed by atoms with Crippen molar-refractivity contribution in [2.24, 2.45) is 0 Å². The molecule has 0 amide bonds. The van der Waals surface area contributed by atoms with Crippen LogP contribution in [0, 0.1) is 6.92 Å². The number of hydrogen-bond donors (Lipinski definition) is 1. The molecule has 0 aliphatic heterocycles. The van der Waals surface area contributed by atoms with Crippen molar-refractivity contribution in [1.29, 1.82) is 0 Å². The summed E-state index contributed by atoms with van der Waals surface area (Å²) in [5, 5.41) is 8.24. The lowest BCUT2D eigenvalue weighted by Crippen LogP contribution is -1.95. The molecule has 0 radical (unpaired) electrons. The summed E-state index contributed by atoms with van der Waals surface area (Å²) >= 11 is 0. The Morgan fingerprint density at radius 2 is 2.29 bits per heavy atom. The molecule has 0 saturated carbocycles. The first-order valence-electron chi connectivity index (χ1n) is 4.89. The van der Waals surface area contributed by atoms with Gasteiger partial charge in [0, 0.05) is 5.69 Å². The van der Waals surface area contributed by atoms with Crippen LogP contribution in [0.5, 0.6) is 5.75 Å². The maximum Gasteiger partial charge on any atom is 0.130 e. The first-order valence-corrected chi connectivity index (χ1v) is 4.89. The summed E-state index contributed by atoms with van der Waals surface area (Å²) in [6.07, 6.45) is 1.02. The Labute approximate surface area is 83.1 Å². The average Bonchev–Trinajstić information content (AvgIpc) is 2.58. The summed E-state index contributed by atoms with van der Waals surface area (Å²) in [4.78, 5) is 0. The zero-order valence-corrected chi connectivity index (χ0v) is 8.50. The number of aromatic amines is 1. The Kier molecular flexibility index (Phi) is 2.39. The fraction of sp³-hybridized carbons (Fsp3) is 0.364. The van der Waals surface area contributed by atoms with Crippen molar-refractivity contribution in [2.75, 3.05) is 6.61 Å². The topological polar surface area (TPSA) is 37.9 Å². The third-order valence-electron chi connectivity index (χ3n) is 2.18. The van der Waals surface area contributed by atoms with E-state index < -0.39 is 0 Å². The minimum absolute atomic E-state index is 0.754. The molecule has 74 valence electrons. The summed E-state index contributed by atoms with van der Waals surface area (Å²) in [5.74, 6) is 0.926. The molecule has 1 heterocycles. The standard InChI is InChI=1S/C11H14N2O/c1-3-7-14-10-6-4-5-9-11(10)8(2)12-13-9/h4-6H,3,7H2,1-2H3,(H,12,13). The van der Waals surface area contributed by atoms with Gasteiger partial charge in [0.15, 0.2) is 0 Å². The smallest absolute Gasteiger partial charge is 0.130 e. The van der Waals surface area contributed by atoms with E-state index in [0.717, 1.165) is 35.4 Å². The van der Waals surface area contributed by atoms with E-state index >= 15 is 0 Å². The molecule has 3 heteroatoms. The number of aryl methyl sites for hydroxylation is 1. The van der Waals surface area contributed by atoms with Gasteiger partial charge in [-0.25, -0.2) is 0 Å². The van der Waals surface area contributed by atoms with Crippen molar-refractivity contribution in [1.82, 2.24) is 10.2 Å². The Morgan fingerprint density at radius 3 is 3.07 bits per heavy atom. The van der Waals surface area contributed by atoms with E-state index in [1.807, 2.05) is 25.1 Å². The predicted molar refractivity (Wildman–Crippen MR) is 56.6 cm³/mol. The highest BCUT2D eigenvalue weighted by Crippen LogP contribution is 2.26. The van der Waals surface area contributed by atoms with Gasteiger partial charge < -0.3 is 4.74 Å². The predicted octanol–water partition coefficient (Wildman–Crippen LogP) is 2.66. The molecule has 0 aliphatic rings. The average molecular weight is 190 g/mol. The first kappa shape index (κ1) is 9.06. The van der Waals surface area contributed by atoms with Crippen LogP contribution in [0.3, 0.4) is 0 Å². The SMILES string of the molecule is CCCOc1cccc2n[nH]c(C)c12. The van der Waals surface area contributed by atoms with E-state index in [0.29, 0.717) is 0 Å². The Balaban J connectivity index is 2.46. The molecule has 1 aromatic carbocycles. The fourth-order valence-corrected chi connectivity index (χ4v) is 1.52. The van der Waals surface area contributed by atoms with Gasteiger partial charge in [-0.15, -0.1) is 0 Å². The van der Waals surface area contributed by atoms with Crippen LogP contribution in [0.2, 0.25) is 0 Å². The van der Waals surface area contributed by atoms with Gasteiger partial charge in [0.1, 0.15) is 5.75 Å². The highest BCUT2D eigenvalue weighted by Gasteiger charge is 2.06. The van der Waals surface area contributed by atoms with Gasteiger partial charge in [0.05, 0.1) is 17.5 Å². The van der Waals surface area contributed by atoms with Crippen LogP contribution < -0.4 is 4.74 Å². The van der Waals surface area contributed by atoms with E-state index in [-0.39, 0.29) is 0 Å². The van der Waals surface area contributed by atoms with Gasteiger partial charge in [-0.2, -0.15) is 5.10 Å². The van der Waals surface area contributed by atoms with Crippen LogP contribution in [0.4, 0.5) is 0 Å². The molecular weight excluding hydrogens is 176 g/mol. The quantitative estimate of drug-likeness (QED) is 0.808. The van der Waals surface area contributed by atoms with Gasteiger partial charge in [-0.1, -0.05) is 13.0 Å². The molecule has 0 atom stereocenters. The Morgan fingerprint density at radius 1 is 1.43 bits per heavy atom. The fourth-order valence-electron chi connectivity index (χ4n) is 1.52. The number of nitrogens with zero attached hydrogens (tertiary/aromatic N) is 1. The van der Waals surface area contributed by atoms with Crippen molar-refractivity contribution < 1.29 is 4.74 Å². The second-order valence-corrected chi connectivity index (χ2v) is 3.35. The Bertz CT molecular complexity index is 434. The zero-order chi connectivity index (χ0) is 9.97. The normalized spacial score (nSPS) is 10.7. The van der Waals surface area contributed by atoms with E-state index in [1.165, 1.54) is 0 Å². The number of hydrogen-bond acceptors (Lipinski definition) is 2. The summed E-state index contributed by atoms with van der Waals surface area (Å²) in [7, 11) is 0. The summed E-state index contributed by atoms with van der Waals surface area (Å²) < 4.78 is 5.65. The van der Waals surface area contributed by atoms with Gasteiger partial charge in [0.25, 0.3) is 0 Å².